The summed E-state index contributed by atoms with van der Waals surface area (Å²) in [5.41, 5.74) is 3.27. The Bertz CT molecular complexity index is 957. The highest BCUT2D eigenvalue weighted by Crippen LogP contribution is 2.24. The predicted octanol–water partition coefficient (Wildman–Crippen LogP) is 4.14. The maximum absolute atomic E-state index is 11.9. The highest BCUT2D eigenvalue weighted by Gasteiger charge is 2.03. The lowest BCUT2D eigenvalue weighted by Crippen LogP contribution is -2.24. The van der Waals surface area contributed by atoms with Gasteiger partial charge in [-0.3, -0.25) is 4.79 Å². The minimum absolute atomic E-state index is 0.109. The van der Waals surface area contributed by atoms with E-state index in [0.29, 0.717) is 5.75 Å². The molecule has 0 aliphatic carbocycles. The monoisotopic (exact) mass is 412 g/mol. The van der Waals surface area contributed by atoms with Gasteiger partial charge in [-0.15, -0.1) is 0 Å². The van der Waals surface area contributed by atoms with Crippen LogP contribution in [-0.2, 0) is 4.79 Å². The van der Waals surface area contributed by atoms with Gasteiger partial charge in [-0.2, -0.15) is 5.10 Å². The summed E-state index contributed by atoms with van der Waals surface area (Å²) in [7, 11) is 1.60. The number of nitrogens with zero attached hydrogens (tertiary/aromatic N) is 1. The molecule has 0 spiro atoms. The molecular formula is C20H17BrN2O3. The summed E-state index contributed by atoms with van der Waals surface area (Å²) in [4.78, 5) is 11.9. The number of ether oxygens (including phenoxy) is 2. The van der Waals surface area contributed by atoms with Crippen LogP contribution in [-0.4, -0.2) is 25.8 Å². The van der Waals surface area contributed by atoms with Crippen molar-refractivity contribution in [3.63, 3.8) is 0 Å². The van der Waals surface area contributed by atoms with Gasteiger partial charge in [0.25, 0.3) is 5.91 Å². The fourth-order valence-electron chi connectivity index (χ4n) is 2.38. The highest BCUT2D eigenvalue weighted by atomic mass is 79.9. The van der Waals surface area contributed by atoms with Crippen molar-refractivity contribution in [1.29, 1.82) is 0 Å². The van der Waals surface area contributed by atoms with Crippen LogP contribution in [0.5, 0.6) is 11.5 Å². The van der Waals surface area contributed by atoms with Crippen LogP contribution >= 0.6 is 15.9 Å². The third-order valence-electron chi connectivity index (χ3n) is 3.67. The van der Waals surface area contributed by atoms with Gasteiger partial charge in [0.05, 0.1) is 17.8 Å². The number of nitrogens with one attached hydrogen (secondary N) is 1. The van der Waals surface area contributed by atoms with Gasteiger partial charge in [0.2, 0.25) is 0 Å². The Morgan fingerprint density at radius 3 is 2.69 bits per heavy atom. The van der Waals surface area contributed by atoms with Crippen molar-refractivity contribution in [3.8, 4) is 11.5 Å². The Morgan fingerprint density at radius 1 is 1.12 bits per heavy atom. The minimum Gasteiger partial charge on any atom is -0.496 e. The van der Waals surface area contributed by atoms with Crippen molar-refractivity contribution in [1.82, 2.24) is 5.43 Å². The second-order valence-electron chi connectivity index (χ2n) is 5.48. The minimum atomic E-state index is -0.331. The zero-order chi connectivity index (χ0) is 18.4. The number of rotatable bonds is 6. The first-order valence-corrected chi connectivity index (χ1v) is 8.72. The smallest absolute Gasteiger partial charge is 0.277 e. The maximum Gasteiger partial charge on any atom is 0.277 e. The van der Waals surface area contributed by atoms with Gasteiger partial charge < -0.3 is 9.47 Å². The molecule has 0 heterocycles. The number of carbonyl (C=O) groups is 1. The average molecular weight is 413 g/mol. The summed E-state index contributed by atoms with van der Waals surface area (Å²) >= 11 is 3.40. The Balaban J connectivity index is 1.52. The lowest BCUT2D eigenvalue weighted by atomic mass is 10.1. The average Bonchev–Trinajstić information content (AvgIpc) is 2.66. The SMILES string of the molecule is COc1ccc(C=NNC(=O)COc2ccc3ccccc3c2)cc1Br. The van der Waals surface area contributed by atoms with E-state index in [1.807, 2.05) is 60.7 Å². The van der Waals surface area contributed by atoms with E-state index in [9.17, 15) is 4.79 Å². The first-order valence-electron chi connectivity index (χ1n) is 7.93. The van der Waals surface area contributed by atoms with Crippen LogP contribution in [0.1, 0.15) is 5.56 Å². The van der Waals surface area contributed by atoms with Crippen molar-refractivity contribution in [2.45, 2.75) is 0 Å². The van der Waals surface area contributed by atoms with E-state index in [1.165, 1.54) is 0 Å². The molecule has 26 heavy (non-hydrogen) atoms. The number of hydrogen-bond acceptors (Lipinski definition) is 4. The summed E-state index contributed by atoms with van der Waals surface area (Å²) in [5.74, 6) is 1.04. The van der Waals surface area contributed by atoms with Crippen LogP contribution in [0.4, 0.5) is 0 Å². The van der Waals surface area contributed by atoms with Gasteiger partial charge >= 0.3 is 0 Å². The summed E-state index contributed by atoms with van der Waals surface area (Å²) in [6.07, 6.45) is 1.55. The second-order valence-corrected chi connectivity index (χ2v) is 6.34. The lowest BCUT2D eigenvalue weighted by Gasteiger charge is -2.06. The Kier molecular flexibility index (Phi) is 5.86. The number of benzene rings is 3. The van der Waals surface area contributed by atoms with Gasteiger partial charge in [-0.1, -0.05) is 30.3 Å². The van der Waals surface area contributed by atoms with E-state index in [4.69, 9.17) is 9.47 Å². The van der Waals surface area contributed by atoms with E-state index in [1.54, 1.807) is 13.3 Å². The fourth-order valence-corrected chi connectivity index (χ4v) is 2.94. The van der Waals surface area contributed by atoms with E-state index in [-0.39, 0.29) is 12.5 Å². The number of methoxy groups -OCH3 is 1. The van der Waals surface area contributed by atoms with Gasteiger partial charge in [-0.25, -0.2) is 5.43 Å². The van der Waals surface area contributed by atoms with Crippen LogP contribution < -0.4 is 14.9 Å². The van der Waals surface area contributed by atoms with Crippen molar-refractivity contribution in [2.75, 3.05) is 13.7 Å². The molecule has 0 saturated carbocycles. The molecule has 3 aromatic rings. The van der Waals surface area contributed by atoms with Gasteiger partial charge in [-0.05, 0) is 62.6 Å². The maximum atomic E-state index is 11.9. The van der Waals surface area contributed by atoms with Crippen molar-refractivity contribution < 1.29 is 14.3 Å². The molecule has 1 amide bonds. The third-order valence-corrected chi connectivity index (χ3v) is 4.29. The molecule has 0 fully saturated rings. The molecule has 5 nitrogen and oxygen atoms in total. The molecule has 132 valence electrons. The fraction of sp³-hybridized carbons (Fsp3) is 0.100. The van der Waals surface area contributed by atoms with Crippen LogP contribution in [0.2, 0.25) is 0 Å². The summed E-state index contributed by atoms with van der Waals surface area (Å²) in [5, 5.41) is 6.12. The van der Waals surface area contributed by atoms with E-state index >= 15 is 0 Å². The number of hydrazone groups is 1. The van der Waals surface area contributed by atoms with E-state index < -0.39 is 0 Å². The van der Waals surface area contributed by atoms with Gasteiger partial charge in [0.1, 0.15) is 11.5 Å². The molecule has 0 aromatic heterocycles. The molecule has 0 aliphatic rings. The zero-order valence-corrected chi connectivity index (χ0v) is 15.7. The summed E-state index contributed by atoms with van der Waals surface area (Å²) < 4.78 is 11.5. The highest BCUT2D eigenvalue weighted by molar-refractivity contribution is 9.10. The van der Waals surface area contributed by atoms with E-state index in [0.717, 1.165) is 26.6 Å². The number of carbonyl (C=O) groups excluding carboxylic acids is 1. The van der Waals surface area contributed by atoms with Crippen molar-refractivity contribution >= 4 is 38.8 Å². The third kappa shape index (κ3) is 4.61. The molecular weight excluding hydrogens is 396 g/mol. The Labute approximate surface area is 159 Å². The molecule has 0 unspecified atom stereocenters. The molecule has 0 aliphatic heterocycles. The van der Waals surface area contributed by atoms with Gasteiger partial charge in [0, 0.05) is 0 Å². The van der Waals surface area contributed by atoms with Crippen LogP contribution in [0.15, 0.2) is 70.2 Å². The predicted molar refractivity (Wildman–Crippen MR) is 106 cm³/mol. The molecule has 6 heteroatoms. The Hall–Kier alpha value is -2.86. The molecule has 0 saturated heterocycles. The zero-order valence-electron chi connectivity index (χ0n) is 14.1. The molecule has 3 rings (SSSR count). The molecule has 1 N–H and O–H groups in total. The van der Waals surface area contributed by atoms with Crippen molar-refractivity contribution in [3.05, 3.63) is 70.7 Å². The first-order chi connectivity index (χ1) is 12.7. The molecule has 0 atom stereocenters. The molecule has 0 bridgehead atoms. The van der Waals surface area contributed by atoms with E-state index in [2.05, 4.69) is 26.5 Å². The quantitative estimate of drug-likeness (QED) is 0.488. The first kappa shape index (κ1) is 17.9. The van der Waals surface area contributed by atoms with Crippen molar-refractivity contribution in [2.24, 2.45) is 5.10 Å². The number of fused-ring (bicyclic) bond motifs is 1. The standard InChI is InChI=1S/C20H17BrN2O3/c1-25-19-9-6-14(10-18(19)21)12-22-23-20(24)13-26-17-8-7-15-4-2-3-5-16(15)11-17/h2-12H,13H2,1H3,(H,23,24). The lowest BCUT2D eigenvalue weighted by molar-refractivity contribution is -0.123. The normalized spacial score (nSPS) is 10.8. The number of amides is 1. The van der Waals surface area contributed by atoms with Crippen LogP contribution in [0.3, 0.4) is 0 Å². The summed E-state index contributed by atoms with van der Waals surface area (Å²) in [6.45, 7) is -0.109. The van der Waals surface area contributed by atoms with Crippen LogP contribution in [0, 0.1) is 0 Å². The van der Waals surface area contributed by atoms with Crippen LogP contribution in [0.25, 0.3) is 10.8 Å². The molecule has 0 radical (unpaired) electrons. The van der Waals surface area contributed by atoms with Gasteiger partial charge in [0.15, 0.2) is 6.61 Å². The Morgan fingerprint density at radius 2 is 1.92 bits per heavy atom. The second kappa shape index (κ2) is 8.49. The number of hydrogen-bond donors (Lipinski definition) is 1. The summed E-state index contributed by atoms with van der Waals surface area (Å²) in [6, 6.07) is 19.2. The molecule has 3 aromatic carbocycles. The number of halogens is 1. The topological polar surface area (TPSA) is 59.9 Å². The largest absolute Gasteiger partial charge is 0.496 e.